The minimum absolute atomic E-state index is 0.0142. The van der Waals surface area contributed by atoms with Crippen LogP contribution in [0.25, 0.3) is 0 Å². The molecule has 0 aliphatic rings. The fourth-order valence-corrected chi connectivity index (χ4v) is 2.63. The van der Waals surface area contributed by atoms with Gasteiger partial charge in [-0.25, -0.2) is 4.68 Å². The average molecular weight is 411 g/mol. The highest BCUT2D eigenvalue weighted by molar-refractivity contribution is 5.83. The van der Waals surface area contributed by atoms with Crippen LogP contribution < -0.4 is 5.32 Å². The largest absolute Gasteiger partial charge is 0.379 e. The number of nitrogens with zero attached hydrogens (tertiary/aromatic N) is 3. The Morgan fingerprint density at radius 3 is 2.28 bits per heavy atom. The molecule has 0 fully saturated rings. The maximum absolute atomic E-state index is 11.9. The number of rotatable bonds is 13. The summed E-state index contributed by atoms with van der Waals surface area (Å²) in [5, 5.41) is 10.9. The highest BCUT2D eigenvalue weighted by atomic mass is 16.5. The molecule has 0 aliphatic carbocycles. The van der Waals surface area contributed by atoms with Gasteiger partial charge in [0.25, 0.3) is 0 Å². The first-order chi connectivity index (χ1) is 13.5. The van der Waals surface area contributed by atoms with Gasteiger partial charge in [0.05, 0.1) is 43.9 Å². The number of ketones is 1. The molecule has 8 nitrogen and oxygen atoms in total. The van der Waals surface area contributed by atoms with Gasteiger partial charge in [-0.2, -0.15) is 0 Å². The lowest BCUT2D eigenvalue weighted by Crippen LogP contribution is -2.28. The Morgan fingerprint density at radius 1 is 1.00 bits per heavy atom. The quantitative estimate of drug-likeness (QED) is 0.502. The van der Waals surface area contributed by atoms with E-state index in [1.807, 2.05) is 25.5 Å². The number of amides is 1. The monoisotopic (exact) mass is 410 g/mol. The van der Waals surface area contributed by atoms with Crippen LogP contribution in [-0.2, 0) is 31.0 Å². The maximum atomic E-state index is 11.9. The van der Waals surface area contributed by atoms with Gasteiger partial charge in [0.2, 0.25) is 5.91 Å². The molecule has 0 radical (unpaired) electrons. The molecular formula is C21H38N4O4. The van der Waals surface area contributed by atoms with E-state index in [-0.39, 0.29) is 22.6 Å². The molecule has 1 rings (SSSR count). The molecule has 0 unspecified atom stereocenters. The minimum Gasteiger partial charge on any atom is -0.379 e. The lowest BCUT2D eigenvalue weighted by atomic mass is 9.89. The van der Waals surface area contributed by atoms with Gasteiger partial charge >= 0.3 is 0 Å². The van der Waals surface area contributed by atoms with Crippen molar-refractivity contribution in [2.45, 2.75) is 72.8 Å². The third-order valence-corrected chi connectivity index (χ3v) is 4.34. The molecule has 1 N–H and O–H groups in total. The van der Waals surface area contributed by atoms with Crippen LogP contribution in [-0.4, -0.2) is 59.7 Å². The van der Waals surface area contributed by atoms with Crippen molar-refractivity contribution < 1.29 is 19.1 Å². The van der Waals surface area contributed by atoms with E-state index in [0.717, 1.165) is 18.5 Å². The van der Waals surface area contributed by atoms with E-state index in [0.29, 0.717) is 45.8 Å². The molecule has 0 bridgehead atoms. The topological polar surface area (TPSA) is 95.3 Å². The van der Waals surface area contributed by atoms with Crippen LogP contribution in [0.5, 0.6) is 0 Å². The molecule has 0 saturated carbocycles. The number of carbonyl (C=O) groups is 2. The van der Waals surface area contributed by atoms with Gasteiger partial charge in [0.15, 0.2) is 0 Å². The summed E-state index contributed by atoms with van der Waals surface area (Å²) in [5.41, 5.74) is 0.609. The summed E-state index contributed by atoms with van der Waals surface area (Å²) in [6.07, 6.45) is 4.16. The standard InChI is InChI=1S/C21H38N4O4/c1-20(2,3)18(26)10-12-28-14-15-29-13-11-22-19(27)9-7-8-17-16-23-24-25(17)21(4,5)6/h16H,7-15H2,1-6H3,(H,22,27). The molecule has 1 heterocycles. The summed E-state index contributed by atoms with van der Waals surface area (Å²) >= 11 is 0. The zero-order valence-corrected chi connectivity index (χ0v) is 18.9. The van der Waals surface area contributed by atoms with E-state index >= 15 is 0 Å². The van der Waals surface area contributed by atoms with Crippen molar-refractivity contribution in [2.75, 3.05) is 33.0 Å². The fraction of sp³-hybridized carbons (Fsp3) is 0.810. The molecule has 1 aromatic rings. The van der Waals surface area contributed by atoms with Gasteiger partial charge in [-0.3, -0.25) is 9.59 Å². The minimum atomic E-state index is -0.317. The summed E-state index contributed by atoms with van der Waals surface area (Å²) in [4.78, 5) is 23.7. The average Bonchev–Trinajstić information content (AvgIpc) is 3.08. The van der Waals surface area contributed by atoms with Crippen LogP contribution in [0.4, 0.5) is 0 Å². The molecule has 1 amide bonds. The second-order valence-electron chi connectivity index (χ2n) is 9.16. The number of aryl methyl sites for hydroxylation is 1. The molecule has 0 aromatic carbocycles. The van der Waals surface area contributed by atoms with Gasteiger partial charge < -0.3 is 14.8 Å². The van der Waals surface area contributed by atoms with Crippen molar-refractivity contribution in [3.8, 4) is 0 Å². The van der Waals surface area contributed by atoms with Crippen molar-refractivity contribution in [1.29, 1.82) is 0 Å². The number of aromatic nitrogens is 3. The van der Waals surface area contributed by atoms with Crippen molar-refractivity contribution >= 4 is 11.7 Å². The van der Waals surface area contributed by atoms with Crippen molar-refractivity contribution in [1.82, 2.24) is 20.3 Å². The SMILES string of the molecule is CC(C)(C)C(=O)CCOCCOCCNC(=O)CCCc1cnnn1C(C)(C)C. The predicted molar refractivity (Wildman–Crippen MR) is 112 cm³/mol. The molecule has 0 spiro atoms. The summed E-state index contributed by atoms with van der Waals surface area (Å²) in [5.74, 6) is 0.209. The van der Waals surface area contributed by atoms with Gasteiger partial charge in [0, 0.05) is 24.8 Å². The number of ether oxygens (including phenoxy) is 2. The summed E-state index contributed by atoms with van der Waals surface area (Å²) in [7, 11) is 0. The first-order valence-electron chi connectivity index (χ1n) is 10.4. The fourth-order valence-electron chi connectivity index (χ4n) is 2.63. The van der Waals surface area contributed by atoms with Crippen molar-refractivity contribution in [3.63, 3.8) is 0 Å². The van der Waals surface area contributed by atoms with E-state index in [9.17, 15) is 9.59 Å². The first kappa shape index (κ1) is 25.2. The van der Waals surface area contributed by atoms with Crippen LogP contribution >= 0.6 is 0 Å². The Labute approximate surface area is 174 Å². The van der Waals surface area contributed by atoms with Crippen LogP contribution in [0.3, 0.4) is 0 Å². The molecule has 166 valence electrons. The molecule has 0 atom stereocenters. The normalized spacial score (nSPS) is 12.2. The number of carbonyl (C=O) groups excluding carboxylic acids is 2. The summed E-state index contributed by atoms with van der Waals surface area (Å²) in [6, 6.07) is 0. The van der Waals surface area contributed by atoms with Crippen molar-refractivity contribution in [3.05, 3.63) is 11.9 Å². The molecule has 0 saturated heterocycles. The predicted octanol–water partition coefficient (Wildman–Crippen LogP) is 2.51. The maximum Gasteiger partial charge on any atom is 0.220 e. The van der Waals surface area contributed by atoms with Crippen LogP contribution in [0.2, 0.25) is 0 Å². The first-order valence-corrected chi connectivity index (χ1v) is 10.4. The number of nitrogens with one attached hydrogen (secondary N) is 1. The van der Waals surface area contributed by atoms with Crippen LogP contribution in [0, 0.1) is 5.41 Å². The lowest BCUT2D eigenvalue weighted by molar-refractivity contribution is -0.127. The number of hydrogen-bond acceptors (Lipinski definition) is 6. The summed E-state index contributed by atoms with van der Waals surface area (Å²) < 4.78 is 12.7. The lowest BCUT2D eigenvalue weighted by Gasteiger charge is -2.21. The second-order valence-corrected chi connectivity index (χ2v) is 9.16. The van der Waals surface area contributed by atoms with Gasteiger partial charge in [-0.05, 0) is 33.6 Å². The Morgan fingerprint density at radius 2 is 1.66 bits per heavy atom. The van der Waals surface area contributed by atoms with E-state index in [2.05, 4.69) is 36.4 Å². The highest BCUT2D eigenvalue weighted by Crippen LogP contribution is 2.17. The number of hydrogen-bond donors (Lipinski definition) is 1. The molecule has 0 aliphatic heterocycles. The zero-order chi connectivity index (χ0) is 21.9. The van der Waals surface area contributed by atoms with E-state index < -0.39 is 0 Å². The summed E-state index contributed by atoms with van der Waals surface area (Å²) in [6.45, 7) is 14.2. The number of Topliss-reactive ketones (excluding diaryl/α,β-unsaturated/α-hetero) is 1. The van der Waals surface area contributed by atoms with Gasteiger partial charge in [-0.15, -0.1) is 5.10 Å². The molecule has 1 aromatic heterocycles. The Bertz CT molecular complexity index is 629. The Kier molecular flexibility index (Phi) is 10.5. The van der Waals surface area contributed by atoms with E-state index in [1.54, 1.807) is 6.20 Å². The third kappa shape index (κ3) is 10.5. The molecular weight excluding hydrogens is 372 g/mol. The Hall–Kier alpha value is -1.80. The van der Waals surface area contributed by atoms with E-state index in [1.165, 1.54) is 0 Å². The van der Waals surface area contributed by atoms with Gasteiger partial charge in [-0.1, -0.05) is 26.0 Å². The highest BCUT2D eigenvalue weighted by Gasteiger charge is 2.20. The van der Waals surface area contributed by atoms with Crippen LogP contribution in [0.1, 0.15) is 66.5 Å². The zero-order valence-electron chi connectivity index (χ0n) is 18.9. The second kappa shape index (κ2) is 12.0. The van der Waals surface area contributed by atoms with Crippen LogP contribution in [0.15, 0.2) is 6.20 Å². The third-order valence-electron chi connectivity index (χ3n) is 4.34. The van der Waals surface area contributed by atoms with E-state index in [4.69, 9.17) is 9.47 Å². The van der Waals surface area contributed by atoms with Crippen molar-refractivity contribution in [2.24, 2.45) is 5.41 Å². The Balaban J connectivity index is 2.01. The molecule has 29 heavy (non-hydrogen) atoms. The molecule has 8 heteroatoms. The smallest absolute Gasteiger partial charge is 0.220 e. The van der Waals surface area contributed by atoms with Gasteiger partial charge in [0.1, 0.15) is 5.78 Å².